The topological polar surface area (TPSA) is 67.8 Å². The Balaban J connectivity index is 2.63. The van der Waals surface area contributed by atoms with Gasteiger partial charge in [-0.05, 0) is 18.2 Å². The van der Waals surface area contributed by atoms with E-state index in [0.29, 0.717) is 15.7 Å². The van der Waals surface area contributed by atoms with E-state index in [1.54, 1.807) is 12.1 Å². The highest BCUT2D eigenvalue weighted by atomic mass is 35.5. The summed E-state index contributed by atoms with van der Waals surface area (Å²) >= 11 is 11.5. The third-order valence-electron chi connectivity index (χ3n) is 1.86. The summed E-state index contributed by atoms with van der Waals surface area (Å²) in [6.07, 6.45) is 1.00. The second-order valence-electron chi connectivity index (χ2n) is 2.95. The highest BCUT2D eigenvalue weighted by Gasteiger charge is 2.04. The van der Waals surface area contributed by atoms with Gasteiger partial charge < -0.3 is 0 Å². The number of hydrogen-bond donors (Lipinski definition) is 1. The van der Waals surface area contributed by atoms with Gasteiger partial charge in [-0.1, -0.05) is 23.2 Å². The Kier molecular flexibility index (Phi) is 2.80. The van der Waals surface area contributed by atoms with Gasteiger partial charge in [0.15, 0.2) is 0 Å². The van der Waals surface area contributed by atoms with Gasteiger partial charge in [0.05, 0.1) is 15.7 Å². The molecule has 7 heteroatoms. The lowest BCUT2D eigenvalue weighted by molar-refractivity contribution is 0.750. The largest absolute Gasteiger partial charge is 0.349 e. The number of nitrogens with one attached hydrogen (secondary N) is 1. The number of rotatable bonds is 1. The molecule has 2 aromatic rings. The number of hydrogen-bond acceptors (Lipinski definition) is 3. The molecule has 2 rings (SSSR count). The first-order valence-corrected chi connectivity index (χ1v) is 4.97. The molecule has 0 aliphatic heterocycles. The number of aromatic amines is 1. The van der Waals surface area contributed by atoms with E-state index in [-0.39, 0.29) is 0 Å². The van der Waals surface area contributed by atoms with Gasteiger partial charge in [-0.3, -0.25) is 9.78 Å². The molecule has 1 N–H and O–H groups in total. The quantitative estimate of drug-likeness (QED) is 0.836. The Morgan fingerprint density at radius 3 is 2.56 bits per heavy atom. The summed E-state index contributed by atoms with van der Waals surface area (Å²) in [6, 6.07) is 4.59. The summed E-state index contributed by atoms with van der Waals surface area (Å²) in [5, 5.41) is 4.36. The highest BCUT2D eigenvalue weighted by molar-refractivity contribution is 6.42. The smallest absolute Gasteiger partial charge is 0.271 e. The van der Waals surface area contributed by atoms with E-state index in [4.69, 9.17) is 23.2 Å². The summed E-state index contributed by atoms with van der Waals surface area (Å²) in [6.45, 7) is 0. The van der Waals surface area contributed by atoms with Crippen LogP contribution in [-0.2, 0) is 0 Å². The minimum Gasteiger partial charge on any atom is -0.271 e. The van der Waals surface area contributed by atoms with E-state index in [1.807, 2.05) is 0 Å². The first kappa shape index (κ1) is 10.9. The third kappa shape index (κ3) is 2.00. The molecule has 0 fully saturated rings. The molecule has 0 aliphatic carbocycles. The van der Waals surface area contributed by atoms with Crippen LogP contribution in [0.1, 0.15) is 0 Å². The van der Waals surface area contributed by atoms with Gasteiger partial charge in [0.2, 0.25) is 0 Å². The molecule has 0 aliphatic rings. The average molecular weight is 258 g/mol. The van der Waals surface area contributed by atoms with Crippen molar-refractivity contribution in [2.45, 2.75) is 0 Å². The van der Waals surface area contributed by atoms with E-state index in [0.717, 1.165) is 10.9 Å². The van der Waals surface area contributed by atoms with E-state index in [2.05, 4.69) is 10.1 Å². The van der Waals surface area contributed by atoms with Crippen molar-refractivity contribution in [3.63, 3.8) is 0 Å². The van der Waals surface area contributed by atoms with Gasteiger partial charge in [-0.2, -0.15) is 9.78 Å². The standard InChI is InChI=1S/C9H5Cl2N3O2/c10-6-2-1-5(3-7(6)11)14-9(16)13-8(15)4-12-14/h1-4H,(H,13,15,16). The Morgan fingerprint density at radius 1 is 1.19 bits per heavy atom. The second-order valence-corrected chi connectivity index (χ2v) is 3.76. The molecule has 5 nitrogen and oxygen atoms in total. The molecule has 0 bridgehead atoms. The Bertz CT molecular complexity index is 648. The Hall–Kier alpha value is -1.59. The van der Waals surface area contributed by atoms with Crippen LogP contribution in [0, 0.1) is 0 Å². The molecule has 1 heterocycles. The van der Waals surface area contributed by atoms with Gasteiger partial charge in [0, 0.05) is 0 Å². The van der Waals surface area contributed by atoms with Gasteiger partial charge >= 0.3 is 5.69 Å². The van der Waals surface area contributed by atoms with Gasteiger partial charge in [0.1, 0.15) is 6.20 Å². The summed E-state index contributed by atoms with van der Waals surface area (Å²) in [5.41, 5.74) is -0.761. The molecule has 0 amide bonds. The zero-order valence-corrected chi connectivity index (χ0v) is 9.29. The van der Waals surface area contributed by atoms with Crippen LogP contribution in [0.5, 0.6) is 0 Å². The summed E-state index contributed by atoms with van der Waals surface area (Å²) in [5.74, 6) is 0. The lowest BCUT2D eigenvalue weighted by atomic mass is 10.3. The van der Waals surface area contributed by atoms with Crippen molar-refractivity contribution in [1.82, 2.24) is 14.8 Å². The molecule has 0 spiro atoms. The Morgan fingerprint density at radius 2 is 1.94 bits per heavy atom. The van der Waals surface area contributed by atoms with Crippen molar-refractivity contribution in [2.24, 2.45) is 0 Å². The molecular weight excluding hydrogens is 253 g/mol. The van der Waals surface area contributed by atoms with Crippen molar-refractivity contribution in [3.8, 4) is 5.69 Å². The van der Waals surface area contributed by atoms with Crippen molar-refractivity contribution >= 4 is 23.2 Å². The molecular formula is C9H5Cl2N3O2. The van der Waals surface area contributed by atoms with Crippen LogP contribution >= 0.6 is 23.2 Å². The molecule has 0 saturated carbocycles. The Labute approximate surface area is 99.3 Å². The van der Waals surface area contributed by atoms with E-state index in [1.165, 1.54) is 6.07 Å². The first-order valence-electron chi connectivity index (χ1n) is 4.22. The minimum atomic E-state index is -0.633. The molecule has 0 saturated heterocycles. The molecule has 82 valence electrons. The van der Waals surface area contributed by atoms with Crippen molar-refractivity contribution in [1.29, 1.82) is 0 Å². The normalized spacial score (nSPS) is 10.4. The number of halogens is 2. The van der Waals surface area contributed by atoms with Crippen molar-refractivity contribution in [2.75, 3.05) is 0 Å². The lowest BCUT2D eigenvalue weighted by Gasteiger charge is -2.03. The first-order chi connectivity index (χ1) is 7.58. The summed E-state index contributed by atoms with van der Waals surface area (Å²) < 4.78 is 1.02. The zero-order valence-electron chi connectivity index (χ0n) is 7.78. The molecule has 0 unspecified atom stereocenters. The summed E-state index contributed by atoms with van der Waals surface area (Å²) in [7, 11) is 0. The van der Waals surface area contributed by atoms with E-state index in [9.17, 15) is 9.59 Å². The molecule has 16 heavy (non-hydrogen) atoms. The minimum absolute atomic E-state index is 0.305. The van der Waals surface area contributed by atoms with Gasteiger partial charge in [-0.25, -0.2) is 4.79 Å². The van der Waals surface area contributed by atoms with Crippen LogP contribution < -0.4 is 11.2 Å². The van der Waals surface area contributed by atoms with Crippen molar-refractivity contribution in [3.05, 3.63) is 55.3 Å². The van der Waals surface area contributed by atoms with Crippen LogP contribution in [0.15, 0.2) is 34.0 Å². The maximum atomic E-state index is 11.4. The second kappa shape index (κ2) is 4.11. The van der Waals surface area contributed by atoms with Crippen LogP contribution in [0.4, 0.5) is 0 Å². The van der Waals surface area contributed by atoms with Crippen LogP contribution in [-0.4, -0.2) is 14.8 Å². The number of benzene rings is 1. The number of H-pyrrole nitrogens is 1. The van der Waals surface area contributed by atoms with Crippen LogP contribution in [0.2, 0.25) is 10.0 Å². The molecule has 0 atom stereocenters. The van der Waals surface area contributed by atoms with Gasteiger partial charge in [0.25, 0.3) is 5.56 Å². The zero-order chi connectivity index (χ0) is 11.7. The monoisotopic (exact) mass is 257 g/mol. The van der Waals surface area contributed by atoms with Crippen LogP contribution in [0.3, 0.4) is 0 Å². The molecule has 1 aromatic carbocycles. The fraction of sp³-hybridized carbons (Fsp3) is 0. The predicted octanol–water partition coefficient (Wildman–Crippen LogP) is 1.23. The van der Waals surface area contributed by atoms with Crippen LogP contribution in [0.25, 0.3) is 5.69 Å². The maximum Gasteiger partial charge on any atom is 0.349 e. The average Bonchev–Trinajstić information content (AvgIpc) is 2.22. The highest BCUT2D eigenvalue weighted by Crippen LogP contribution is 2.23. The van der Waals surface area contributed by atoms with E-state index >= 15 is 0 Å². The fourth-order valence-corrected chi connectivity index (χ4v) is 1.45. The van der Waals surface area contributed by atoms with E-state index < -0.39 is 11.2 Å². The molecule has 0 radical (unpaired) electrons. The molecule has 1 aromatic heterocycles. The maximum absolute atomic E-state index is 11.4. The summed E-state index contributed by atoms with van der Waals surface area (Å²) in [4.78, 5) is 24.3. The lowest BCUT2D eigenvalue weighted by Crippen LogP contribution is -2.30. The fourth-order valence-electron chi connectivity index (χ4n) is 1.15. The third-order valence-corrected chi connectivity index (χ3v) is 2.60. The predicted molar refractivity (Wildman–Crippen MR) is 60.5 cm³/mol. The number of aromatic nitrogens is 3. The van der Waals surface area contributed by atoms with Gasteiger partial charge in [-0.15, -0.1) is 0 Å². The SMILES string of the molecule is O=c1cnn(-c2ccc(Cl)c(Cl)c2)c(=O)[nH]1. The number of nitrogens with zero attached hydrogens (tertiary/aromatic N) is 2. The van der Waals surface area contributed by atoms with Crippen molar-refractivity contribution < 1.29 is 0 Å².